The summed E-state index contributed by atoms with van der Waals surface area (Å²) in [4.78, 5) is 28.7. The van der Waals surface area contributed by atoms with Gasteiger partial charge in [-0.05, 0) is 25.1 Å². The molecule has 10 heteroatoms. The lowest BCUT2D eigenvalue weighted by molar-refractivity contribution is -0.141. The number of pyridine rings is 1. The van der Waals surface area contributed by atoms with Crippen LogP contribution in [0.25, 0.3) is 10.7 Å². The summed E-state index contributed by atoms with van der Waals surface area (Å²) in [5, 5.41) is 2.47. The van der Waals surface area contributed by atoms with Crippen molar-refractivity contribution in [2.45, 2.75) is 13.1 Å². The number of aryl methyl sites for hydroxylation is 1. The van der Waals surface area contributed by atoms with E-state index in [-0.39, 0.29) is 11.4 Å². The second-order valence-corrected chi connectivity index (χ2v) is 5.85. The highest BCUT2D eigenvalue weighted by molar-refractivity contribution is 7.13. The lowest BCUT2D eigenvalue weighted by Gasteiger charge is -2.08. The van der Waals surface area contributed by atoms with Crippen LogP contribution in [0.3, 0.4) is 0 Å². The Balaban J connectivity index is 1.82. The third-order valence-corrected chi connectivity index (χ3v) is 3.82. The Morgan fingerprint density at radius 3 is 2.60 bits per heavy atom. The average Bonchev–Trinajstić information content (AvgIpc) is 3.08. The molecule has 0 aliphatic rings. The average molecular weight is 365 g/mol. The summed E-state index contributed by atoms with van der Waals surface area (Å²) >= 11 is 1.33. The molecule has 6 nitrogen and oxygen atoms in total. The summed E-state index contributed by atoms with van der Waals surface area (Å²) in [6, 6.07) is 3.41. The number of carbonyl (C=O) groups excluding carboxylic acids is 1. The SMILES string of the molecule is Cc1cc(C(=O)Nc2ccc(C(F)(F)F)nc2)nc(-c2cncs2)n1. The molecule has 128 valence electrons. The Hall–Kier alpha value is -2.88. The summed E-state index contributed by atoms with van der Waals surface area (Å²) in [6.45, 7) is 1.71. The summed E-state index contributed by atoms with van der Waals surface area (Å²) in [5.74, 6) is -0.212. The molecule has 1 N–H and O–H groups in total. The number of rotatable bonds is 3. The van der Waals surface area contributed by atoms with E-state index in [1.165, 1.54) is 17.4 Å². The van der Waals surface area contributed by atoms with E-state index in [1.54, 1.807) is 18.6 Å². The zero-order chi connectivity index (χ0) is 18.0. The molecule has 0 atom stereocenters. The van der Waals surface area contributed by atoms with Crippen LogP contribution in [0.2, 0.25) is 0 Å². The molecule has 3 aromatic heterocycles. The van der Waals surface area contributed by atoms with Crippen LogP contribution in [0.1, 0.15) is 21.9 Å². The van der Waals surface area contributed by atoms with Crippen LogP contribution in [0.4, 0.5) is 18.9 Å². The van der Waals surface area contributed by atoms with Gasteiger partial charge in [0.2, 0.25) is 0 Å². The van der Waals surface area contributed by atoms with Gasteiger partial charge in [-0.2, -0.15) is 13.2 Å². The molecule has 25 heavy (non-hydrogen) atoms. The van der Waals surface area contributed by atoms with E-state index in [9.17, 15) is 18.0 Å². The number of nitrogens with zero attached hydrogens (tertiary/aromatic N) is 4. The van der Waals surface area contributed by atoms with Gasteiger partial charge in [0.15, 0.2) is 5.82 Å². The Kier molecular flexibility index (Phi) is 4.45. The first-order valence-electron chi connectivity index (χ1n) is 6.92. The maximum absolute atomic E-state index is 12.5. The van der Waals surface area contributed by atoms with Crippen LogP contribution in [0, 0.1) is 6.92 Å². The smallest absolute Gasteiger partial charge is 0.319 e. The lowest BCUT2D eigenvalue weighted by atomic mass is 10.3. The third-order valence-electron chi connectivity index (χ3n) is 3.05. The van der Waals surface area contributed by atoms with Crippen LogP contribution in [0.15, 0.2) is 36.1 Å². The number of amides is 1. The van der Waals surface area contributed by atoms with Crippen LogP contribution < -0.4 is 5.32 Å². The summed E-state index contributed by atoms with van der Waals surface area (Å²) in [5.41, 5.74) is 1.39. The van der Waals surface area contributed by atoms with Gasteiger partial charge in [0.05, 0.1) is 22.3 Å². The number of thiazole rings is 1. The maximum atomic E-state index is 12.5. The van der Waals surface area contributed by atoms with Gasteiger partial charge in [-0.1, -0.05) is 0 Å². The minimum Gasteiger partial charge on any atom is -0.319 e. The summed E-state index contributed by atoms with van der Waals surface area (Å²) in [6.07, 6.45) is -2.00. The van der Waals surface area contributed by atoms with Crippen molar-refractivity contribution in [3.8, 4) is 10.7 Å². The minimum absolute atomic E-state index is 0.0933. The van der Waals surface area contributed by atoms with Crippen molar-refractivity contribution in [3.05, 3.63) is 53.2 Å². The van der Waals surface area contributed by atoms with Gasteiger partial charge in [0.25, 0.3) is 5.91 Å². The molecule has 0 aromatic carbocycles. The molecule has 0 saturated heterocycles. The van der Waals surface area contributed by atoms with Gasteiger partial charge in [-0.25, -0.2) is 15.0 Å². The Morgan fingerprint density at radius 1 is 1.20 bits per heavy atom. The van der Waals surface area contributed by atoms with E-state index >= 15 is 0 Å². The zero-order valence-corrected chi connectivity index (χ0v) is 13.5. The van der Waals surface area contributed by atoms with E-state index in [0.29, 0.717) is 16.4 Å². The number of alkyl halides is 3. The van der Waals surface area contributed by atoms with E-state index < -0.39 is 17.8 Å². The van der Waals surface area contributed by atoms with Gasteiger partial charge in [0.1, 0.15) is 11.4 Å². The number of hydrogen-bond acceptors (Lipinski definition) is 6. The number of hydrogen-bond donors (Lipinski definition) is 1. The normalized spacial score (nSPS) is 11.4. The Labute approximate surface area is 143 Å². The second kappa shape index (κ2) is 6.55. The molecule has 0 radical (unpaired) electrons. The number of carbonyl (C=O) groups is 1. The van der Waals surface area contributed by atoms with E-state index in [2.05, 4.69) is 25.3 Å². The van der Waals surface area contributed by atoms with Crippen LogP contribution in [-0.4, -0.2) is 25.8 Å². The molecule has 0 saturated carbocycles. The van der Waals surface area contributed by atoms with Crippen molar-refractivity contribution in [2.75, 3.05) is 5.32 Å². The van der Waals surface area contributed by atoms with Gasteiger partial charge in [0, 0.05) is 11.9 Å². The second-order valence-electron chi connectivity index (χ2n) is 4.97. The molecule has 0 aliphatic carbocycles. The number of nitrogens with one attached hydrogen (secondary N) is 1. The highest BCUT2D eigenvalue weighted by Crippen LogP contribution is 2.28. The predicted molar refractivity (Wildman–Crippen MR) is 85.1 cm³/mol. The molecule has 0 bridgehead atoms. The van der Waals surface area contributed by atoms with Crippen LogP contribution in [0.5, 0.6) is 0 Å². The van der Waals surface area contributed by atoms with Crippen LogP contribution >= 0.6 is 11.3 Å². The van der Waals surface area contributed by atoms with Crippen molar-refractivity contribution in [1.82, 2.24) is 19.9 Å². The molecule has 0 aliphatic heterocycles. The van der Waals surface area contributed by atoms with Crippen LogP contribution in [-0.2, 0) is 6.18 Å². The summed E-state index contributed by atoms with van der Waals surface area (Å²) < 4.78 is 37.5. The first-order chi connectivity index (χ1) is 11.8. The molecule has 0 fully saturated rings. The maximum Gasteiger partial charge on any atom is 0.433 e. The van der Waals surface area contributed by atoms with E-state index in [4.69, 9.17) is 0 Å². The molecule has 1 amide bonds. The molecular formula is C15H10F3N5OS. The van der Waals surface area contributed by atoms with E-state index in [0.717, 1.165) is 18.3 Å². The third kappa shape index (κ3) is 3.97. The van der Waals surface area contributed by atoms with E-state index in [1.807, 2.05) is 0 Å². The molecule has 3 heterocycles. The van der Waals surface area contributed by atoms with Crippen molar-refractivity contribution >= 4 is 22.9 Å². The number of anilines is 1. The highest BCUT2D eigenvalue weighted by atomic mass is 32.1. The number of halogens is 3. The standard InChI is InChI=1S/C15H10F3N5OS/c1-8-4-10(23-13(21-8)11-6-19-7-25-11)14(24)22-9-2-3-12(20-5-9)15(16,17)18/h2-7H,1H3,(H,22,24). The molecule has 3 aromatic rings. The molecule has 0 unspecified atom stereocenters. The van der Waals surface area contributed by atoms with Crippen molar-refractivity contribution < 1.29 is 18.0 Å². The fourth-order valence-electron chi connectivity index (χ4n) is 1.95. The highest BCUT2D eigenvalue weighted by Gasteiger charge is 2.32. The quantitative estimate of drug-likeness (QED) is 0.767. The topological polar surface area (TPSA) is 80.7 Å². The Morgan fingerprint density at radius 2 is 2.00 bits per heavy atom. The monoisotopic (exact) mass is 365 g/mol. The van der Waals surface area contributed by atoms with Gasteiger partial charge < -0.3 is 5.32 Å². The first kappa shape index (κ1) is 17.0. The Bertz CT molecular complexity index is 895. The predicted octanol–water partition coefficient (Wildman–Crippen LogP) is 3.57. The summed E-state index contributed by atoms with van der Waals surface area (Å²) in [7, 11) is 0. The molecule has 3 rings (SSSR count). The van der Waals surface area contributed by atoms with Crippen molar-refractivity contribution in [1.29, 1.82) is 0 Å². The van der Waals surface area contributed by atoms with Gasteiger partial charge in [-0.15, -0.1) is 11.3 Å². The first-order valence-corrected chi connectivity index (χ1v) is 7.80. The minimum atomic E-state index is -4.53. The van der Waals surface area contributed by atoms with Gasteiger partial charge >= 0.3 is 6.18 Å². The van der Waals surface area contributed by atoms with Crippen molar-refractivity contribution in [3.63, 3.8) is 0 Å². The lowest BCUT2D eigenvalue weighted by Crippen LogP contribution is -2.16. The van der Waals surface area contributed by atoms with Crippen molar-refractivity contribution in [2.24, 2.45) is 0 Å². The molecular weight excluding hydrogens is 355 g/mol. The number of aromatic nitrogens is 4. The largest absolute Gasteiger partial charge is 0.433 e. The fraction of sp³-hybridized carbons (Fsp3) is 0.133. The fourth-order valence-corrected chi connectivity index (χ4v) is 2.51. The zero-order valence-electron chi connectivity index (χ0n) is 12.7. The van der Waals surface area contributed by atoms with Gasteiger partial charge in [-0.3, -0.25) is 9.78 Å². The molecule has 0 spiro atoms.